The van der Waals surface area contributed by atoms with Crippen molar-refractivity contribution in [3.05, 3.63) is 104 Å². The van der Waals surface area contributed by atoms with Crippen LogP contribution < -0.4 is 0 Å². The maximum absolute atomic E-state index is 9.54. The molecule has 0 spiro atoms. The van der Waals surface area contributed by atoms with Gasteiger partial charge in [-0.2, -0.15) is 10.5 Å². The molecular formula is C24H14Br2N2. The number of rotatable bonds is 4. The van der Waals surface area contributed by atoms with Crippen LogP contribution in [0, 0.1) is 22.7 Å². The third-order valence-electron chi connectivity index (χ3n) is 4.11. The van der Waals surface area contributed by atoms with E-state index in [-0.39, 0.29) is 0 Å². The van der Waals surface area contributed by atoms with Crippen molar-refractivity contribution in [2.45, 2.75) is 0 Å². The summed E-state index contributed by atoms with van der Waals surface area (Å²) >= 11 is 6.82. The molecule has 0 heterocycles. The minimum Gasteiger partial charge on any atom is -0.192 e. The predicted octanol–water partition coefficient (Wildman–Crippen LogP) is 7.34. The summed E-state index contributed by atoms with van der Waals surface area (Å²) < 4.78 is 1.99. The topological polar surface area (TPSA) is 47.6 Å². The number of halogens is 2. The Hall–Kier alpha value is -2.92. The monoisotopic (exact) mass is 488 g/mol. The molecule has 0 amide bonds. The summed E-state index contributed by atoms with van der Waals surface area (Å²) in [6.45, 7) is 0. The molecule has 3 rings (SSSR count). The second-order valence-corrected chi connectivity index (χ2v) is 7.85. The van der Waals surface area contributed by atoms with Gasteiger partial charge in [-0.15, -0.1) is 0 Å². The molecule has 28 heavy (non-hydrogen) atoms. The van der Waals surface area contributed by atoms with Crippen molar-refractivity contribution in [2.75, 3.05) is 0 Å². The third kappa shape index (κ3) is 5.08. The van der Waals surface area contributed by atoms with E-state index in [0.717, 1.165) is 31.2 Å². The Balaban J connectivity index is 1.89. The first-order valence-electron chi connectivity index (χ1n) is 8.44. The van der Waals surface area contributed by atoms with Crippen LogP contribution in [-0.2, 0) is 0 Å². The van der Waals surface area contributed by atoms with E-state index in [9.17, 15) is 10.5 Å². The summed E-state index contributed by atoms with van der Waals surface area (Å²) in [4.78, 5) is 0. The Bertz CT molecular complexity index is 1020. The van der Waals surface area contributed by atoms with E-state index >= 15 is 0 Å². The van der Waals surface area contributed by atoms with Gasteiger partial charge in [0.2, 0.25) is 0 Å². The molecule has 0 fully saturated rings. The van der Waals surface area contributed by atoms with Crippen LogP contribution in [0.2, 0.25) is 0 Å². The largest absolute Gasteiger partial charge is 0.192 e. The summed E-state index contributed by atoms with van der Waals surface area (Å²) in [6, 6.07) is 27.6. The molecule has 0 aliphatic heterocycles. The van der Waals surface area contributed by atoms with Crippen molar-refractivity contribution < 1.29 is 0 Å². The molecule has 0 N–H and O–H groups in total. The van der Waals surface area contributed by atoms with E-state index in [2.05, 4.69) is 44.0 Å². The second-order valence-electron chi connectivity index (χ2n) is 6.02. The minimum absolute atomic E-state index is 0.573. The van der Waals surface area contributed by atoms with Gasteiger partial charge in [-0.05, 0) is 58.7 Å². The van der Waals surface area contributed by atoms with E-state index in [1.165, 1.54) is 0 Å². The third-order valence-corrected chi connectivity index (χ3v) is 5.17. The van der Waals surface area contributed by atoms with Gasteiger partial charge in [0.05, 0.1) is 23.3 Å². The maximum atomic E-state index is 9.54. The van der Waals surface area contributed by atoms with Gasteiger partial charge in [-0.3, -0.25) is 0 Å². The first-order chi connectivity index (χ1) is 13.6. The molecule has 134 valence electrons. The highest BCUT2D eigenvalue weighted by atomic mass is 79.9. The van der Waals surface area contributed by atoms with Gasteiger partial charge in [-0.1, -0.05) is 80.4 Å². The molecule has 0 bridgehead atoms. The highest BCUT2D eigenvalue weighted by Crippen LogP contribution is 2.23. The van der Waals surface area contributed by atoms with Gasteiger partial charge < -0.3 is 0 Å². The van der Waals surface area contributed by atoms with E-state index in [1.807, 2.05) is 84.9 Å². The average Bonchev–Trinajstić information content (AvgIpc) is 2.73. The van der Waals surface area contributed by atoms with Crippen LogP contribution in [0.3, 0.4) is 0 Å². The lowest BCUT2D eigenvalue weighted by molar-refractivity contribution is 1.50. The molecule has 2 nitrogen and oxygen atoms in total. The van der Waals surface area contributed by atoms with Crippen LogP contribution >= 0.6 is 31.9 Å². The van der Waals surface area contributed by atoms with Crippen LogP contribution in [-0.4, -0.2) is 0 Å². The number of hydrogen-bond donors (Lipinski definition) is 0. The van der Waals surface area contributed by atoms with Gasteiger partial charge in [0.15, 0.2) is 0 Å². The molecule has 0 unspecified atom stereocenters. The molecular weight excluding hydrogens is 476 g/mol. The van der Waals surface area contributed by atoms with E-state index in [4.69, 9.17) is 0 Å². The molecule has 0 atom stereocenters. The zero-order valence-electron chi connectivity index (χ0n) is 14.7. The number of nitrogens with zero attached hydrogens (tertiary/aromatic N) is 2. The molecule has 3 aromatic rings. The zero-order valence-corrected chi connectivity index (χ0v) is 17.9. The molecule has 0 aliphatic rings. The highest BCUT2D eigenvalue weighted by Gasteiger charge is 2.05. The number of benzene rings is 3. The normalized spacial score (nSPS) is 11.6. The fourth-order valence-electron chi connectivity index (χ4n) is 2.64. The maximum Gasteiger partial charge on any atom is 0.0998 e. The summed E-state index contributed by atoms with van der Waals surface area (Å²) in [5.74, 6) is 0. The van der Waals surface area contributed by atoms with Gasteiger partial charge in [0.1, 0.15) is 0 Å². The van der Waals surface area contributed by atoms with Crippen molar-refractivity contribution >= 4 is 55.2 Å². The fourth-order valence-corrected chi connectivity index (χ4v) is 3.17. The van der Waals surface area contributed by atoms with Crippen LogP contribution in [0.15, 0.2) is 81.7 Å². The SMILES string of the molecule is N#C/C(=C\c1ccc(Br)cc1)c1ccc(/C(C#N)=C\c2ccc(Br)cc2)cc1. The fraction of sp³-hybridized carbons (Fsp3) is 0. The quantitative estimate of drug-likeness (QED) is 0.284. The first-order valence-corrected chi connectivity index (χ1v) is 10.0. The Kier molecular flexibility index (Phi) is 6.61. The van der Waals surface area contributed by atoms with Gasteiger partial charge >= 0.3 is 0 Å². The van der Waals surface area contributed by atoms with Crippen LogP contribution in [0.25, 0.3) is 23.3 Å². The standard InChI is InChI=1S/C24H14Br2N2/c25-23-9-1-17(2-10-23)13-21(15-27)19-5-7-20(8-6-19)22(16-28)14-18-3-11-24(26)12-4-18/h1-14H/b21-13-,22-14+. The van der Waals surface area contributed by atoms with Crippen LogP contribution in [0.1, 0.15) is 22.3 Å². The summed E-state index contributed by atoms with van der Waals surface area (Å²) in [5, 5.41) is 19.1. The molecule has 4 heteroatoms. The average molecular weight is 490 g/mol. The number of allylic oxidation sites excluding steroid dienone is 2. The Morgan fingerprint density at radius 2 is 0.893 bits per heavy atom. The Morgan fingerprint density at radius 3 is 1.18 bits per heavy atom. The molecule has 0 aliphatic carbocycles. The molecule has 3 aromatic carbocycles. The van der Waals surface area contributed by atoms with Crippen molar-refractivity contribution in [3.63, 3.8) is 0 Å². The van der Waals surface area contributed by atoms with Gasteiger partial charge in [-0.25, -0.2) is 0 Å². The Labute approximate surface area is 181 Å². The lowest BCUT2D eigenvalue weighted by atomic mass is 9.99. The second kappa shape index (κ2) is 9.33. The molecule has 0 radical (unpaired) electrons. The summed E-state index contributed by atoms with van der Waals surface area (Å²) in [7, 11) is 0. The molecule has 0 saturated carbocycles. The smallest absolute Gasteiger partial charge is 0.0998 e. The van der Waals surface area contributed by atoms with Gasteiger partial charge in [0, 0.05) is 8.95 Å². The van der Waals surface area contributed by atoms with Crippen molar-refractivity contribution in [2.24, 2.45) is 0 Å². The molecule has 0 saturated heterocycles. The first kappa shape index (κ1) is 19.8. The van der Waals surface area contributed by atoms with Crippen LogP contribution in [0.5, 0.6) is 0 Å². The van der Waals surface area contributed by atoms with Crippen molar-refractivity contribution in [1.82, 2.24) is 0 Å². The van der Waals surface area contributed by atoms with Gasteiger partial charge in [0.25, 0.3) is 0 Å². The number of nitriles is 2. The summed E-state index contributed by atoms with van der Waals surface area (Å²) in [5.41, 5.74) is 4.69. The van der Waals surface area contributed by atoms with E-state index < -0.39 is 0 Å². The minimum atomic E-state index is 0.573. The predicted molar refractivity (Wildman–Crippen MR) is 122 cm³/mol. The lowest BCUT2D eigenvalue weighted by Gasteiger charge is -2.04. The van der Waals surface area contributed by atoms with Crippen LogP contribution in [0.4, 0.5) is 0 Å². The number of hydrogen-bond acceptors (Lipinski definition) is 2. The summed E-state index contributed by atoms with van der Waals surface area (Å²) in [6.07, 6.45) is 3.70. The van der Waals surface area contributed by atoms with Crippen molar-refractivity contribution in [1.29, 1.82) is 10.5 Å². The molecule has 0 aromatic heterocycles. The van der Waals surface area contributed by atoms with E-state index in [0.29, 0.717) is 11.1 Å². The highest BCUT2D eigenvalue weighted by molar-refractivity contribution is 9.10. The van der Waals surface area contributed by atoms with Crippen molar-refractivity contribution in [3.8, 4) is 12.1 Å². The van der Waals surface area contributed by atoms with E-state index in [1.54, 1.807) is 0 Å². The Morgan fingerprint density at radius 1 is 0.571 bits per heavy atom. The zero-order chi connectivity index (χ0) is 19.9. The lowest BCUT2D eigenvalue weighted by Crippen LogP contribution is -1.86.